The Bertz CT molecular complexity index is 794. The first-order valence-corrected chi connectivity index (χ1v) is 8.55. The fourth-order valence-electron chi connectivity index (χ4n) is 4.43. The summed E-state index contributed by atoms with van der Waals surface area (Å²) in [7, 11) is 2.84. The zero-order valence-corrected chi connectivity index (χ0v) is 14.7. The van der Waals surface area contributed by atoms with Crippen molar-refractivity contribution in [3.8, 4) is 0 Å². The van der Waals surface area contributed by atoms with E-state index in [1.165, 1.54) is 33.4 Å². The van der Waals surface area contributed by atoms with Crippen molar-refractivity contribution >= 4 is 11.6 Å². The maximum Gasteiger partial charge on any atom is 0.332 e. The summed E-state index contributed by atoms with van der Waals surface area (Å²) in [4.78, 5) is 39.0. The van der Waals surface area contributed by atoms with Crippen LogP contribution in [0.2, 0.25) is 0 Å². The highest BCUT2D eigenvalue weighted by molar-refractivity contribution is 6.01. The van der Waals surface area contributed by atoms with Gasteiger partial charge in [-0.15, -0.1) is 0 Å². The van der Waals surface area contributed by atoms with Crippen molar-refractivity contribution in [2.75, 3.05) is 25.4 Å². The number of ketones is 1. The van der Waals surface area contributed by atoms with E-state index in [1.807, 2.05) is 0 Å². The number of rotatable bonds is 3. The Balaban J connectivity index is 1.80. The smallest absolute Gasteiger partial charge is 0.332 e. The average Bonchev–Trinajstić information content (AvgIpc) is 3.09. The van der Waals surface area contributed by atoms with Gasteiger partial charge in [-0.1, -0.05) is 13.3 Å². The molecule has 7 nitrogen and oxygen atoms in total. The lowest BCUT2D eigenvalue weighted by Gasteiger charge is -2.24. The Hall–Kier alpha value is -1.89. The molecule has 2 unspecified atom stereocenters. The summed E-state index contributed by atoms with van der Waals surface area (Å²) in [6, 6.07) is 0. The molecule has 2 heterocycles. The van der Waals surface area contributed by atoms with Crippen LogP contribution in [0.25, 0.3) is 0 Å². The van der Waals surface area contributed by atoms with Gasteiger partial charge in [0, 0.05) is 20.6 Å². The van der Waals surface area contributed by atoms with E-state index in [-0.39, 0.29) is 23.7 Å². The topological polar surface area (TPSA) is 90.3 Å². The van der Waals surface area contributed by atoms with E-state index in [0.717, 1.165) is 34.6 Å². The third kappa shape index (κ3) is 2.70. The maximum absolute atomic E-state index is 12.7. The fraction of sp³-hybridized carbons (Fsp3) is 0.706. The van der Waals surface area contributed by atoms with Crippen LogP contribution >= 0.6 is 0 Å². The third-order valence-electron chi connectivity index (χ3n) is 5.82. The molecule has 1 saturated heterocycles. The second-order valence-electron chi connectivity index (χ2n) is 7.70. The molecule has 2 aliphatic rings. The number of hydrogen-bond donors (Lipinski definition) is 1. The number of carbonyl (C=O) groups excluding carboxylic acids is 1. The molecule has 132 valence electrons. The predicted octanol–water partition coefficient (Wildman–Crippen LogP) is 0.361. The summed E-state index contributed by atoms with van der Waals surface area (Å²) in [5.41, 5.74) is 5.02. The Morgan fingerprint density at radius 3 is 2.58 bits per heavy atom. The van der Waals surface area contributed by atoms with Crippen LogP contribution in [0.4, 0.5) is 5.82 Å². The van der Waals surface area contributed by atoms with Crippen LogP contribution in [0.3, 0.4) is 0 Å². The number of likely N-dealkylation sites (tertiary alicyclic amines) is 1. The quantitative estimate of drug-likeness (QED) is 0.806. The number of hydrogen-bond acceptors (Lipinski definition) is 5. The Morgan fingerprint density at radius 1 is 1.25 bits per heavy atom. The van der Waals surface area contributed by atoms with E-state index < -0.39 is 11.2 Å². The third-order valence-corrected chi connectivity index (χ3v) is 5.82. The Morgan fingerprint density at radius 2 is 1.96 bits per heavy atom. The van der Waals surface area contributed by atoms with Crippen molar-refractivity contribution in [2.24, 2.45) is 25.4 Å². The van der Waals surface area contributed by atoms with E-state index in [1.54, 1.807) is 0 Å². The van der Waals surface area contributed by atoms with Gasteiger partial charge >= 0.3 is 5.69 Å². The van der Waals surface area contributed by atoms with Gasteiger partial charge in [-0.05, 0) is 37.1 Å². The summed E-state index contributed by atoms with van der Waals surface area (Å²) in [6.45, 7) is 4.27. The molecule has 0 amide bonds. The second kappa shape index (κ2) is 5.88. The summed E-state index contributed by atoms with van der Waals surface area (Å²) in [5, 5.41) is 0. The molecule has 0 radical (unpaired) electrons. The van der Waals surface area contributed by atoms with Crippen molar-refractivity contribution < 1.29 is 4.79 Å². The van der Waals surface area contributed by atoms with E-state index in [9.17, 15) is 14.4 Å². The van der Waals surface area contributed by atoms with E-state index >= 15 is 0 Å². The van der Waals surface area contributed by atoms with Crippen LogP contribution < -0.4 is 17.0 Å². The lowest BCUT2D eigenvalue weighted by atomic mass is 9.85. The summed E-state index contributed by atoms with van der Waals surface area (Å²) < 4.78 is 2.09. The molecule has 2 fully saturated rings. The fourth-order valence-corrected chi connectivity index (χ4v) is 4.43. The van der Waals surface area contributed by atoms with Gasteiger partial charge in [-0.2, -0.15) is 0 Å². The molecular formula is C17H26N4O3. The van der Waals surface area contributed by atoms with Crippen LogP contribution in [-0.4, -0.2) is 39.5 Å². The molecule has 3 rings (SSSR count). The van der Waals surface area contributed by atoms with Gasteiger partial charge in [0.1, 0.15) is 11.4 Å². The normalized spacial score (nSPS) is 27.2. The first-order chi connectivity index (χ1) is 11.2. The first-order valence-electron chi connectivity index (χ1n) is 8.55. The average molecular weight is 334 g/mol. The Labute approximate surface area is 141 Å². The molecule has 2 atom stereocenters. The van der Waals surface area contributed by atoms with Gasteiger partial charge < -0.3 is 5.73 Å². The number of nitrogens with zero attached hydrogens (tertiary/aromatic N) is 3. The predicted molar refractivity (Wildman–Crippen MR) is 92.2 cm³/mol. The minimum Gasteiger partial charge on any atom is -0.384 e. The summed E-state index contributed by atoms with van der Waals surface area (Å²) in [6.07, 6.45) is 4.82. The first kappa shape index (κ1) is 17.0. The molecule has 1 aromatic rings. The van der Waals surface area contributed by atoms with E-state index in [2.05, 4.69) is 11.8 Å². The molecule has 1 aliphatic heterocycles. The van der Waals surface area contributed by atoms with Gasteiger partial charge in [-0.3, -0.25) is 23.6 Å². The molecule has 1 aliphatic carbocycles. The zero-order valence-electron chi connectivity index (χ0n) is 14.7. The minimum absolute atomic E-state index is 0.0449. The number of aromatic nitrogens is 2. The van der Waals surface area contributed by atoms with Crippen LogP contribution in [0.15, 0.2) is 9.59 Å². The van der Waals surface area contributed by atoms with Gasteiger partial charge in [0.15, 0.2) is 5.78 Å². The van der Waals surface area contributed by atoms with E-state index in [0.29, 0.717) is 5.41 Å². The van der Waals surface area contributed by atoms with Gasteiger partial charge in [0.25, 0.3) is 5.56 Å². The number of nitrogens with two attached hydrogens (primary N) is 1. The van der Waals surface area contributed by atoms with Crippen LogP contribution in [-0.2, 0) is 14.1 Å². The second-order valence-corrected chi connectivity index (χ2v) is 7.70. The summed E-state index contributed by atoms with van der Waals surface area (Å²) in [5.74, 6) is 0.413. The van der Waals surface area contributed by atoms with Crippen LogP contribution in [0.1, 0.15) is 43.0 Å². The number of nitrogen functional groups attached to an aromatic ring is 1. The van der Waals surface area contributed by atoms with Crippen molar-refractivity contribution in [1.29, 1.82) is 0 Å². The minimum atomic E-state index is -0.607. The monoisotopic (exact) mass is 334 g/mol. The highest BCUT2D eigenvalue weighted by Crippen LogP contribution is 2.47. The van der Waals surface area contributed by atoms with Gasteiger partial charge in [-0.25, -0.2) is 4.79 Å². The summed E-state index contributed by atoms with van der Waals surface area (Å²) >= 11 is 0. The molecule has 0 bridgehead atoms. The molecule has 24 heavy (non-hydrogen) atoms. The van der Waals surface area contributed by atoms with Crippen molar-refractivity contribution in [1.82, 2.24) is 14.0 Å². The number of anilines is 1. The van der Waals surface area contributed by atoms with Crippen LogP contribution in [0.5, 0.6) is 0 Å². The molecular weight excluding hydrogens is 308 g/mol. The highest BCUT2D eigenvalue weighted by atomic mass is 16.2. The van der Waals surface area contributed by atoms with Crippen molar-refractivity contribution in [2.45, 2.75) is 32.6 Å². The molecule has 1 aromatic heterocycles. The van der Waals surface area contributed by atoms with Crippen LogP contribution in [0, 0.1) is 11.3 Å². The van der Waals surface area contributed by atoms with E-state index in [4.69, 9.17) is 5.73 Å². The number of carbonyl (C=O) groups is 1. The standard InChI is InChI=1S/C17H26N4O3/c1-11-4-5-17(8-11)6-7-21(10-17)9-12(22)13-14(18)19(2)16(24)20(3)15(13)23/h11H,4-10,18H2,1-3H3. The largest absolute Gasteiger partial charge is 0.384 e. The lowest BCUT2D eigenvalue weighted by molar-refractivity contribution is 0.0935. The molecule has 1 saturated carbocycles. The SMILES string of the molecule is CC1CCC2(CCN(CC(=O)c3c(N)n(C)c(=O)n(C)c3=O)C2)C1. The van der Waals surface area contributed by atoms with Crippen molar-refractivity contribution in [3.63, 3.8) is 0 Å². The lowest BCUT2D eigenvalue weighted by Crippen LogP contribution is -2.43. The molecule has 7 heteroatoms. The maximum atomic E-state index is 12.7. The highest BCUT2D eigenvalue weighted by Gasteiger charge is 2.43. The number of Topliss-reactive ketones (excluding diaryl/α,β-unsaturated/α-hetero) is 1. The molecule has 0 aromatic carbocycles. The molecule has 2 N–H and O–H groups in total. The van der Waals surface area contributed by atoms with Gasteiger partial charge in [0.2, 0.25) is 0 Å². The Kier molecular flexibility index (Phi) is 4.15. The molecule has 1 spiro atoms. The van der Waals surface area contributed by atoms with Gasteiger partial charge in [0.05, 0.1) is 6.54 Å². The zero-order chi connectivity index (χ0) is 17.6. The van der Waals surface area contributed by atoms with Crippen molar-refractivity contribution in [3.05, 3.63) is 26.4 Å².